The van der Waals surface area contributed by atoms with E-state index in [1.54, 1.807) is 18.2 Å². The summed E-state index contributed by atoms with van der Waals surface area (Å²) in [6.45, 7) is 0.0955. The molecule has 1 N–H and O–H groups in total. The van der Waals surface area contributed by atoms with Crippen molar-refractivity contribution in [3.05, 3.63) is 53.1 Å². The molecule has 0 saturated heterocycles. The van der Waals surface area contributed by atoms with Crippen LogP contribution in [0.25, 0.3) is 0 Å². The minimum Gasteiger partial charge on any atom is -0.481 e. The highest BCUT2D eigenvalue weighted by molar-refractivity contribution is 7.92. The van der Waals surface area contributed by atoms with Crippen molar-refractivity contribution in [2.45, 2.75) is 16.1 Å². The van der Waals surface area contributed by atoms with Gasteiger partial charge in [0, 0.05) is 10.9 Å². The van der Waals surface area contributed by atoms with Crippen molar-refractivity contribution in [3.8, 4) is 11.5 Å². The smallest absolute Gasteiger partial charge is 0.308 e. The van der Waals surface area contributed by atoms with Crippen LogP contribution < -0.4 is 9.47 Å². The van der Waals surface area contributed by atoms with Gasteiger partial charge in [-0.2, -0.15) is 0 Å². The van der Waals surface area contributed by atoms with E-state index in [4.69, 9.17) is 21.1 Å². The van der Waals surface area contributed by atoms with Crippen molar-refractivity contribution in [3.63, 3.8) is 0 Å². The number of carbonyl (C=O) groups is 1. The summed E-state index contributed by atoms with van der Waals surface area (Å²) in [5.74, 6) is -1.71. The Labute approximate surface area is 148 Å². The summed E-state index contributed by atoms with van der Waals surface area (Å²) < 4.78 is 36.3. The summed E-state index contributed by atoms with van der Waals surface area (Å²) in [6, 6.07) is 10.7. The molecule has 3 atom stereocenters. The molecule has 0 unspecified atom stereocenters. The molecule has 1 heterocycles. The minimum absolute atomic E-state index is 0.0661. The van der Waals surface area contributed by atoms with Crippen LogP contribution in [0.3, 0.4) is 0 Å². The van der Waals surface area contributed by atoms with Crippen LogP contribution in [0.15, 0.2) is 47.4 Å². The molecule has 1 saturated carbocycles. The Morgan fingerprint density at radius 1 is 1.08 bits per heavy atom. The standard InChI is InChI=1S/C17H13ClO6S/c18-10-2-4-11(5-3-10)25(21,22)16-14(15(16)17(19)20)9-1-6-12-13(7-9)24-8-23-12/h1-7,14-16H,8H2,(H,19,20)/t14-,15-,16-/m0/s1. The fraction of sp³-hybridized carbons (Fsp3) is 0.235. The Bertz CT molecular complexity index is 954. The van der Waals surface area contributed by atoms with Gasteiger partial charge in [0.25, 0.3) is 0 Å². The maximum atomic E-state index is 12.9. The van der Waals surface area contributed by atoms with E-state index in [1.165, 1.54) is 24.3 Å². The Kier molecular flexibility index (Phi) is 3.66. The molecule has 2 aromatic rings. The third kappa shape index (κ3) is 2.63. The van der Waals surface area contributed by atoms with Gasteiger partial charge in [0.1, 0.15) is 0 Å². The molecule has 2 aromatic carbocycles. The lowest BCUT2D eigenvalue weighted by Gasteiger charge is -2.05. The molecule has 0 radical (unpaired) electrons. The van der Waals surface area contributed by atoms with E-state index < -0.39 is 32.9 Å². The van der Waals surface area contributed by atoms with Gasteiger partial charge in [-0.1, -0.05) is 17.7 Å². The lowest BCUT2D eigenvalue weighted by atomic mass is 10.1. The van der Waals surface area contributed by atoms with Gasteiger partial charge in [0.05, 0.1) is 16.1 Å². The number of rotatable bonds is 4. The average molecular weight is 381 g/mol. The molecule has 1 aliphatic carbocycles. The lowest BCUT2D eigenvalue weighted by Crippen LogP contribution is -2.13. The summed E-state index contributed by atoms with van der Waals surface area (Å²) in [4.78, 5) is 11.6. The molecule has 2 aliphatic rings. The number of hydrogen-bond donors (Lipinski definition) is 1. The molecule has 0 amide bonds. The zero-order valence-electron chi connectivity index (χ0n) is 12.8. The van der Waals surface area contributed by atoms with Crippen molar-refractivity contribution < 1.29 is 27.8 Å². The van der Waals surface area contributed by atoms with Crippen molar-refractivity contribution >= 4 is 27.4 Å². The molecular weight excluding hydrogens is 368 g/mol. The van der Waals surface area contributed by atoms with Crippen LogP contribution in [0.1, 0.15) is 11.5 Å². The Morgan fingerprint density at radius 3 is 2.44 bits per heavy atom. The highest BCUT2D eigenvalue weighted by Crippen LogP contribution is 2.55. The Balaban J connectivity index is 1.71. The van der Waals surface area contributed by atoms with Crippen LogP contribution in [0.2, 0.25) is 5.02 Å². The van der Waals surface area contributed by atoms with Crippen LogP contribution in [0, 0.1) is 5.92 Å². The Hall–Kier alpha value is -2.25. The number of ether oxygens (including phenoxy) is 2. The first-order chi connectivity index (χ1) is 11.9. The summed E-state index contributed by atoms with van der Waals surface area (Å²) in [7, 11) is -3.80. The SMILES string of the molecule is O=C(O)[C@H]1[C@H](c2ccc3c(c2)OCO3)[C@@H]1S(=O)(=O)c1ccc(Cl)cc1. The number of benzene rings is 2. The average Bonchev–Trinajstić information content (AvgIpc) is 3.18. The lowest BCUT2D eigenvalue weighted by molar-refractivity contribution is -0.138. The zero-order chi connectivity index (χ0) is 17.8. The monoisotopic (exact) mass is 380 g/mol. The van der Waals surface area contributed by atoms with Crippen LogP contribution in [0.4, 0.5) is 0 Å². The quantitative estimate of drug-likeness (QED) is 0.877. The number of sulfone groups is 1. The predicted molar refractivity (Wildman–Crippen MR) is 88.9 cm³/mol. The van der Waals surface area contributed by atoms with Gasteiger partial charge in [0.15, 0.2) is 21.3 Å². The summed E-state index contributed by atoms with van der Waals surface area (Å²) in [5.41, 5.74) is 0.610. The topological polar surface area (TPSA) is 89.9 Å². The van der Waals surface area contributed by atoms with Crippen LogP contribution in [-0.4, -0.2) is 31.5 Å². The van der Waals surface area contributed by atoms with Gasteiger partial charge in [-0.05, 0) is 42.0 Å². The van der Waals surface area contributed by atoms with E-state index >= 15 is 0 Å². The van der Waals surface area contributed by atoms with Crippen molar-refractivity contribution in [1.82, 2.24) is 0 Å². The first-order valence-electron chi connectivity index (χ1n) is 7.51. The fourth-order valence-corrected chi connectivity index (χ4v) is 5.51. The molecule has 0 aromatic heterocycles. The first-order valence-corrected chi connectivity index (χ1v) is 9.44. The van der Waals surface area contributed by atoms with Crippen molar-refractivity contribution in [2.75, 3.05) is 6.79 Å². The first kappa shape index (κ1) is 16.2. The van der Waals surface area contributed by atoms with Crippen LogP contribution >= 0.6 is 11.6 Å². The number of carboxylic acids is 1. The summed E-state index contributed by atoms with van der Waals surface area (Å²) in [6.07, 6.45) is 0. The van der Waals surface area contributed by atoms with Crippen molar-refractivity contribution in [1.29, 1.82) is 0 Å². The number of hydrogen-bond acceptors (Lipinski definition) is 5. The minimum atomic E-state index is -3.80. The van der Waals surface area contributed by atoms with Crippen LogP contribution in [0.5, 0.6) is 11.5 Å². The van der Waals surface area contributed by atoms with Gasteiger partial charge >= 0.3 is 5.97 Å². The van der Waals surface area contributed by atoms with E-state index in [-0.39, 0.29) is 11.7 Å². The second-order valence-electron chi connectivity index (χ2n) is 5.97. The molecule has 0 spiro atoms. The molecule has 6 nitrogen and oxygen atoms in total. The van der Waals surface area contributed by atoms with E-state index in [0.717, 1.165) is 0 Å². The zero-order valence-corrected chi connectivity index (χ0v) is 14.3. The number of fused-ring (bicyclic) bond motifs is 1. The second-order valence-corrected chi connectivity index (χ2v) is 8.51. The molecule has 130 valence electrons. The molecule has 0 bridgehead atoms. The largest absolute Gasteiger partial charge is 0.481 e. The third-order valence-electron chi connectivity index (χ3n) is 4.52. The van der Waals surface area contributed by atoms with Gasteiger partial charge in [-0.3, -0.25) is 4.79 Å². The molecule has 25 heavy (non-hydrogen) atoms. The number of halogens is 1. The third-order valence-corrected chi connectivity index (χ3v) is 7.01. The van der Waals surface area contributed by atoms with E-state index in [2.05, 4.69) is 0 Å². The summed E-state index contributed by atoms with van der Waals surface area (Å²) >= 11 is 5.80. The van der Waals surface area contributed by atoms with Crippen molar-refractivity contribution in [2.24, 2.45) is 5.92 Å². The molecular formula is C17H13ClO6S. The predicted octanol–water partition coefficient (Wildman–Crippen LogP) is 2.71. The number of aliphatic carboxylic acids is 1. The van der Waals surface area contributed by atoms with E-state index in [1.807, 2.05) is 0 Å². The second kappa shape index (κ2) is 5.64. The molecule has 1 fully saturated rings. The summed E-state index contributed by atoms with van der Waals surface area (Å²) in [5, 5.41) is 8.85. The van der Waals surface area contributed by atoms with Crippen LogP contribution in [-0.2, 0) is 14.6 Å². The van der Waals surface area contributed by atoms with Gasteiger partial charge < -0.3 is 14.6 Å². The number of carboxylic acid groups (broad SMARTS) is 1. The highest BCUT2D eigenvalue weighted by Gasteiger charge is 2.63. The molecule has 8 heteroatoms. The molecule has 4 rings (SSSR count). The Morgan fingerprint density at radius 2 is 1.76 bits per heavy atom. The maximum absolute atomic E-state index is 12.9. The van der Waals surface area contributed by atoms with Gasteiger partial charge in [-0.25, -0.2) is 8.42 Å². The fourth-order valence-electron chi connectivity index (χ4n) is 3.26. The van der Waals surface area contributed by atoms with E-state index in [0.29, 0.717) is 22.1 Å². The normalized spacial score (nSPS) is 24.1. The van der Waals surface area contributed by atoms with Gasteiger partial charge in [-0.15, -0.1) is 0 Å². The van der Waals surface area contributed by atoms with E-state index in [9.17, 15) is 18.3 Å². The molecule has 1 aliphatic heterocycles. The van der Waals surface area contributed by atoms with Gasteiger partial charge in [0.2, 0.25) is 6.79 Å². The maximum Gasteiger partial charge on any atom is 0.308 e. The highest BCUT2D eigenvalue weighted by atomic mass is 35.5.